The topological polar surface area (TPSA) is 222 Å². The Bertz CT molecular complexity index is 996. The summed E-state index contributed by atoms with van der Waals surface area (Å²) in [6.45, 7) is 8.50. The molecular formula is C18H26N4O6S2. The third kappa shape index (κ3) is 8.73. The number of nitrogen functional groups attached to an aromatic ring is 2. The molecule has 10 nitrogen and oxygen atoms in total. The van der Waals surface area contributed by atoms with Crippen molar-refractivity contribution in [1.29, 1.82) is 0 Å². The van der Waals surface area contributed by atoms with Crippen molar-refractivity contribution in [3.05, 3.63) is 61.7 Å². The highest BCUT2D eigenvalue weighted by Gasteiger charge is 2.17. The Morgan fingerprint density at radius 1 is 0.767 bits per heavy atom. The lowest BCUT2D eigenvalue weighted by atomic mass is 10.0. The Morgan fingerprint density at radius 3 is 1.23 bits per heavy atom. The SMILES string of the molecule is C=CC[NH3+].C=CC[NH3+].Nc1ccc(-c2ccc(N)cc2S(=O)(=O)[O-])c(S(=O)(=O)[O-])c1. The second-order valence-corrected chi connectivity index (χ2v) is 8.27. The Kier molecular flexibility index (Phi) is 11.0. The molecule has 2 aromatic rings. The second-order valence-electron chi connectivity index (χ2n) is 5.57. The van der Waals surface area contributed by atoms with Crippen LogP contribution in [0.4, 0.5) is 11.4 Å². The molecule has 30 heavy (non-hydrogen) atoms. The van der Waals surface area contributed by atoms with Gasteiger partial charge in [0.2, 0.25) is 0 Å². The number of benzene rings is 2. The molecule has 2 aromatic carbocycles. The quantitative estimate of drug-likeness (QED) is 0.250. The van der Waals surface area contributed by atoms with E-state index in [0.717, 1.165) is 37.4 Å². The normalized spacial score (nSPS) is 10.7. The smallest absolute Gasteiger partial charge is 0.125 e. The summed E-state index contributed by atoms with van der Waals surface area (Å²) in [5.41, 5.74) is 17.4. The fraction of sp³-hybridized carbons (Fsp3) is 0.111. The van der Waals surface area contributed by atoms with Crippen LogP contribution in [-0.2, 0) is 20.2 Å². The van der Waals surface area contributed by atoms with Crippen LogP contribution in [0.15, 0.2) is 71.5 Å². The van der Waals surface area contributed by atoms with Crippen LogP contribution >= 0.6 is 0 Å². The van der Waals surface area contributed by atoms with E-state index < -0.39 is 30.0 Å². The molecule has 0 aliphatic heterocycles. The zero-order chi connectivity index (χ0) is 23.5. The molecule has 0 fully saturated rings. The van der Waals surface area contributed by atoms with Crippen LogP contribution in [0.3, 0.4) is 0 Å². The molecule has 0 amide bonds. The lowest BCUT2D eigenvalue weighted by molar-refractivity contribution is -0.353. The first-order valence-corrected chi connectivity index (χ1v) is 11.2. The minimum absolute atomic E-state index is 0.000139. The zero-order valence-corrected chi connectivity index (χ0v) is 17.9. The summed E-state index contributed by atoms with van der Waals surface area (Å²) in [6, 6.07) is 6.66. The molecule has 0 atom stereocenters. The van der Waals surface area contributed by atoms with Gasteiger partial charge in [0.05, 0.1) is 22.9 Å². The van der Waals surface area contributed by atoms with Gasteiger partial charge in [0, 0.05) is 22.5 Å². The van der Waals surface area contributed by atoms with E-state index in [1.54, 1.807) is 12.2 Å². The largest absolute Gasteiger partial charge is 0.744 e. The lowest BCUT2D eigenvalue weighted by Gasteiger charge is -2.18. The second kappa shape index (κ2) is 12.1. The summed E-state index contributed by atoms with van der Waals surface area (Å²) in [6.07, 6.45) is 3.53. The average molecular weight is 459 g/mol. The predicted octanol–water partition coefficient (Wildman–Crippen LogP) is -0.845. The van der Waals surface area contributed by atoms with E-state index in [1.165, 1.54) is 12.1 Å². The van der Waals surface area contributed by atoms with Crippen molar-refractivity contribution in [2.24, 2.45) is 0 Å². The number of hydrogen-bond donors (Lipinski definition) is 4. The third-order valence-corrected chi connectivity index (χ3v) is 5.00. The fourth-order valence-corrected chi connectivity index (χ4v) is 3.39. The highest BCUT2D eigenvalue weighted by molar-refractivity contribution is 7.86. The van der Waals surface area contributed by atoms with Gasteiger partial charge in [0.15, 0.2) is 0 Å². The van der Waals surface area contributed by atoms with Crippen LogP contribution in [0.2, 0.25) is 0 Å². The minimum atomic E-state index is -4.93. The molecule has 12 heteroatoms. The molecule has 0 bridgehead atoms. The molecule has 0 aliphatic carbocycles. The van der Waals surface area contributed by atoms with E-state index in [0.29, 0.717) is 0 Å². The van der Waals surface area contributed by atoms with E-state index in [-0.39, 0.29) is 22.5 Å². The summed E-state index contributed by atoms with van der Waals surface area (Å²) in [7, 11) is -9.87. The van der Waals surface area contributed by atoms with Gasteiger partial charge in [-0.25, -0.2) is 16.8 Å². The third-order valence-electron chi connectivity index (χ3n) is 3.25. The van der Waals surface area contributed by atoms with Crippen molar-refractivity contribution in [2.45, 2.75) is 9.79 Å². The highest BCUT2D eigenvalue weighted by Crippen LogP contribution is 2.34. The number of anilines is 2. The van der Waals surface area contributed by atoms with Crippen molar-refractivity contribution in [3.63, 3.8) is 0 Å². The first-order valence-electron chi connectivity index (χ1n) is 8.34. The Hall–Kier alpha value is -2.74. The van der Waals surface area contributed by atoms with E-state index in [4.69, 9.17) is 11.5 Å². The van der Waals surface area contributed by atoms with Crippen molar-refractivity contribution >= 4 is 31.6 Å². The summed E-state index contributed by atoms with van der Waals surface area (Å²) in [5.74, 6) is 0. The molecule has 0 spiro atoms. The molecule has 0 aromatic heterocycles. The van der Waals surface area contributed by atoms with Gasteiger partial charge in [0.25, 0.3) is 0 Å². The van der Waals surface area contributed by atoms with Gasteiger partial charge in [0.1, 0.15) is 20.2 Å². The Morgan fingerprint density at radius 2 is 1.03 bits per heavy atom. The maximum atomic E-state index is 11.3. The molecular weight excluding hydrogens is 432 g/mol. The van der Waals surface area contributed by atoms with Crippen LogP contribution in [-0.4, -0.2) is 39.0 Å². The Labute approximate surface area is 176 Å². The summed E-state index contributed by atoms with van der Waals surface area (Å²) < 4.78 is 68.1. The summed E-state index contributed by atoms with van der Waals surface area (Å²) in [4.78, 5) is -1.44. The number of quaternary nitrogens is 2. The fourth-order valence-electron chi connectivity index (χ4n) is 1.94. The van der Waals surface area contributed by atoms with Crippen LogP contribution in [0.1, 0.15) is 0 Å². The molecule has 10 N–H and O–H groups in total. The van der Waals surface area contributed by atoms with Crippen LogP contribution < -0.4 is 22.9 Å². The molecule has 0 saturated carbocycles. The van der Waals surface area contributed by atoms with Crippen LogP contribution in [0.5, 0.6) is 0 Å². The van der Waals surface area contributed by atoms with Gasteiger partial charge in [-0.1, -0.05) is 25.3 Å². The van der Waals surface area contributed by atoms with Gasteiger partial charge in [-0.3, -0.25) is 0 Å². The van der Waals surface area contributed by atoms with Gasteiger partial charge in [-0.2, -0.15) is 0 Å². The van der Waals surface area contributed by atoms with Crippen molar-refractivity contribution in [3.8, 4) is 11.1 Å². The first-order chi connectivity index (χ1) is 13.8. The predicted molar refractivity (Wildman–Crippen MR) is 113 cm³/mol. The first kappa shape index (κ1) is 27.3. The monoisotopic (exact) mass is 458 g/mol. The standard InChI is InChI=1S/C12H12N2O6S2.2C3H7N/c13-7-1-3-9(11(5-7)21(15,16)17)10-4-2-8(14)6-12(10)22(18,19)20;2*1-2-3-4/h1-6H,13-14H2,(H,15,16,17)(H,18,19,20);2*2H,1,3-4H2. The van der Waals surface area contributed by atoms with Crippen molar-refractivity contribution in [2.75, 3.05) is 24.6 Å². The number of hydrogen-bond acceptors (Lipinski definition) is 8. The zero-order valence-electron chi connectivity index (χ0n) is 16.3. The molecule has 0 radical (unpaired) electrons. The van der Waals surface area contributed by atoms with Crippen LogP contribution in [0.25, 0.3) is 11.1 Å². The van der Waals surface area contributed by atoms with Crippen molar-refractivity contribution in [1.82, 2.24) is 0 Å². The average Bonchev–Trinajstić information content (AvgIpc) is 2.67. The van der Waals surface area contributed by atoms with E-state index in [9.17, 15) is 25.9 Å². The van der Waals surface area contributed by atoms with E-state index in [1.807, 2.05) is 0 Å². The van der Waals surface area contributed by atoms with E-state index in [2.05, 4.69) is 24.6 Å². The molecule has 0 unspecified atom stereocenters. The Balaban J connectivity index is 0.000000901. The minimum Gasteiger partial charge on any atom is -0.744 e. The molecule has 0 saturated heterocycles. The molecule has 0 heterocycles. The molecule has 2 rings (SSSR count). The summed E-state index contributed by atoms with van der Waals surface area (Å²) >= 11 is 0. The maximum Gasteiger partial charge on any atom is 0.125 e. The number of rotatable bonds is 5. The van der Waals surface area contributed by atoms with Crippen molar-refractivity contribution < 1.29 is 37.4 Å². The highest BCUT2D eigenvalue weighted by atomic mass is 32.2. The summed E-state index contributed by atoms with van der Waals surface area (Å²) in [5, 5.41) is 0. The van der Waals surface area contributed by atoms with E-state index >= 15 is 0 Å². The van der Waals surface area contributed by atoms with Gasteiger partial charge < -0.3 is 32.0 Å². The lowest BCUT2D eigenvalue weighted by Crippen LogP contribution is -2.48. The maximum absolute atomic E-state index is 11.3. The van der Waals surface area contributed by atoms with Gasteiger partial charge in [-0.05, 0) is 36.4 Å². The molecule has 166 valence electrons. The van der Waals surface area contributed by atoms with Crippen LogP contribution in [0, 0.1) is 0 Å². The number of nitrogens with two attached hydrogens (primary N) is 2. The van der Waals surface area contributed by atoms with Gasteiger partial charge >= 0.3 is 0 Å². The van der Waals surface area contributed by atoms with Gasteiger partial charge in [-0.15, -0.1) is 0 Å². The molecule has 0 aliphatic rings.